The number of likely N-dealkylation sites (tertiary alicyclic amines) is 1. The van der Waals surface area contributed by atoms with Gasteiger partial charge in [0.15, 0.2) is 0 Å². The number of amides is 1. The fraction of sp³-hybridized carbons (Fsp3) is 0.958. The number of fused-ring (bicyclic) bond motifs is 5. The molecule has 0 aromatic carbocycles. The van der Waals surface area contributed by atoms with E-state index < -0.39 is 12.2 Å². The lowest BCUT2D eigenvalue weighted by atomic mass is 9.45. The van der Waals surface area contributed by atoms with Gasteiger partial charge in [0.25, 0.3) is 0 Å². The second kappa shape index (κ2) is 7.27. The lowest BCUT2D eigenvalue weighted by Crippen LogP contribution is -2.64. The first-order valence-electron chi connectivity index (χ1n) is 11.9. The van der Waals surface area contributed by atoms with Crippen LogP contribution >= 0.6 is 0 Å². The third-order valence-electron chi connectivity index (χ3n) is 9.61. The molecule has 4 rings (SSSR count). The molecule has 3 aliphatic carbocycles. The average molecular weight is 392 g/mol. The van der Waals surface area contributed by atoms with E-state index in [4.69, 9.17) is 0 Å². The van der Waals surface area contributed by atoms with Crippen LogP contribution in [0.4, 0.5) is 0 Å². The zero-order valence-electron chi connectivity index (χ0n) is 18.4. The third kappa shape index (κ3) is 2.96. The van der Waals surface area contributed by atoms with E-state index in [1.807, 2.05) is 13.8 Å². The van der Waals surface area contributed by atoms with Crippen molar-refractivity contribution in [3.8, 4) is 0 Å². The number of rotatable bonds is 1. The Bertz CT molecular complexity index is 607. The molecule has 1 saturated heterocycles. The van der Waals surface area contributed by atoms with Gasteiger partial charge >= 0.3 is 0 Å². The number of nitrogens with zero attached hydrogens (tertiary/aromatic N) is 1. The van der Waals surface area contributed by atoms with Gasteiger partial charge in [-0.1, -0.05) is 27.2 Å². The fourth-order valence-electron chi connectivity index (χ4n) is 8.04. The molecule has 1 amide bonds. The van der Waals surface area contributed by atoms with Crippen molar-refractivity contribution in [1.82, 2.24) is 4.90 Å². The molecule has 3 saturated carbocycles. The van der Waals surface area contributed by atoms with E-state index in [-0.39, 0.29) is 22.8 Å². The van der Waals surface area contributed by atoms with E-state index in [2.05, 4.69) is 18.7 Å². The highest BCUT2D eigenvalue weighted by molar-refractivity contribution is 5.79. The first-order chi connectivity index (χ1) is 13.2. The maximum atomic E-state index is 13.1. The second-order valence-corrected chi connectivity index (χ2v) is 11.2. The Kier molecular flexibility index (Phi) is 5.36. The van der Waals surface area contributed by atoms with Gasteiger partial charge in [-0.3, -0.25) is 4.79 Å². The molecule has 28 heavy (non-hydrogen) atoms. The van der Waals surface area contributed by atoms with Crippen LogP contribution in [0.1, 0.15) is 85.5 Å². The molecule has 1 heterocycles. The van der Waals surface area contributed by atoms with Gasteiger partial charge in [0.2, 0.25) is 5.91 Å². The predicted molar refractivity (Wildman–Crippen MR) is 111 cm³/mol. The topological polar surface area (TPSA) is 60.8 Å². The minimum Gasteiger partial charge on any atom is -0.390 e. The summed E-state index contributed by atoms with van der Waals surface area (Å²) in [5.41, 5.74) is 0.136. The summed E-state index contributed by atoms with van der Waals surface area (Å²) in [6, 6.07) is 0. The van der Waals surface area contributed by atoms with Crippen LogP contribution in [0.5, 0.6) is 0 Å². The van der Waals surface area contributed by atoms with Crippen LogP contribution < -0.4 is 0 Å². The van der Waals surface area contributed by atoms with Gasteiger partial charge < -0.3 is 15.1 Å². The zero-order valence-corrected chi connectivity index (χ0v) is 18.4. The molecule has 4 heteroatoms. The first kappa shape index (κ1) is 20.7. The Balaban J connectivity index is 1.65. The van der Waals surface area contributed by atoms with Crippen molar-refractivity contribution in [2.75, 3.05) is 6.54 Å². The maximum absolute atomic E-state index is 13.1. The van der Waals surface area contributed by atoms with E-state index in [1.165, 1.54) is 12.8 Å². The SMILES string of the molecule is CC(C)C(=O)N1CCCCC2[C@@H]3CCC4[C@@H](O)[C@@H](O)CC[C@]4(C)C3CC[C@@]21C. The molecule has 2 N–H and O–H groups in total. The molecule has 4 nitrogen and oxygen atoms in total. The first-order valence-corrected chi connectivity index (χ1v) is 11.9. The van der Waals surface area contributed by atoms with Crippen molar-refractivity contribution in [2.45, 2.75) is 103 Å². The molecule has 3 unspecified atom stereocenters. The number of hydrogen-bond acceptors (Lipinski definition) is 3. The monoisotopic (exact) mass is 391 g/mol. The van der Waals surface area contributed by atoms with Crippen LogP contribution in [0.2, 0.25) is 0 Å². The van der Waals surface area contributed by atoms with Crippen molar-refractivity contribution in [3.05, 3.63) is 0 Å². The normalized spacial score (nSPS) is 49.0. The molecule has 1 aliphatic heterocycles. The van der Waals surface area contributed by atoms with Crippen molar-refractivity contribution in [2.24, 2.45) is 35.0 Å². The van der Waals surface area contributed by atoms with Crippen molar-refractivity contribution in [3.63, 3.8) is 0 Å². The van der Waals surface area contributed by atoms with E-state index in [1.54, 1.807) is 0 Å². The molecule has 0 radical (unpaired) electrons. The minimum absolute atomic E-state index is 0.00495. The molecular weight excluding hydrogens is 350 g/mol. The molecule has 0 aromatic heterocycles. The smallest absolute Gasteiger partial charge is 0.225 e. The van der Waals surface area contributed by atoms with Gasteiger partial charge in [0.1, 0.15) is 0 Å². The van der Waals surface area contributed by atoms with Gasteiger partial charge in [-0.25, -0.2) is 0 Å². The van der Waals surface area contributed by atoms with Crippen LogP contribution in [0.25, 0.3) is 0 Å². The van der Waals surface area contributed by atoms with E-state index in [9.17, 15) is 15.0 Å². The summed E-state index contributed by atoms with van der Waals surface area (Å²) in [6.45, 7) is 9.79. The molecule has 0 aromatic rings. The molecule has 0 spiro atoms. The number of aliphatic hydroxyl groups is 2. The summed E-state index contributed by atoms with van der Waals surface area (Å²) in [5.74, 6) is 2.50. The Morgan fingerprint density at radius 2 is 1.68 bits per heavy atom. The molecule has 8 atom stereocenters. The second-order valence-electron chi connectivity index (χ2n) is 11.2. The fourth-order valence-corrected chi connectivity index (χ4v) is 8.04. The summed E-state index contributed by atoms with van der Waals surface area (Å²) in [4.78, 5) is 15.4. The lowest BCUT2D eigenvalue weighted by Gasteiger charge is -2.63. The van der Waals surface area contributed by atoms with Crippen LogP contribution in [-0.2, 0) is 4.79 Å². The van der Waals surface area contributed by atoms with Crippen molar-refractivity contribution >= 4 is 5.91 Å². The number of carbonyl (C=O) groups excluding carboxylic acids is 1. The van der Waals surface area contributed by atoms with Crippen molar-refractivity contribution < 1.29 is 15.0 Å². The standard InChI is InChI=1S/C24H41NO3/c1-15(2)22(28)25-14-6-5-7-18-16-8-9-19-21(27)20(26)11-12-23(19,3)17(16)10-13-24(18,25)4/h15-21,26-27H,5-14H2,1-4H3/t16-,17?,18?,19?,20+,21-,23-,24+/m1/s1. The molecule has 4 fully saturated rings. The highest BCUT2D eigenvalue weighted by Crippen LogP contribution is 2.63. The maximum Gasteiger partial charge on any atom is 0.225 e. The number of carbonyl (C=O) groups is 1. The largest absolute Gasteiger partial charge is 0.390 e. The van der Waals surface area contributed by atoms with Gasteiger partial charge in [-0.05, 0) is 87.4 Å². The van der Waals surface area contributed by atoms with Gasteiger partial charge in [-0.15, -0.1) is 0 Å². The number of hydrogen-bond donors (Lipinski definition) is 2. The van der Waals surface area contributed by atoms with Crippen LogP contribution in [0.15, 0.2) is 0 Å². The van der Waals surface area contributed by atoms with Crippen LogP contribution in [0.3, 0.4) is 0 Å². The van der Waals surface area contributed by atoms with Crippen LogP contribution in [-0.4, -0.2) is 45.3 Å². The Morgan fingerprint density at radius 1 is 0.929 bits per heavy atom. The highest BCUT2D eigenvalue weighted by Gasteiger charge is 2.60. The molecular formula is C24H41NO3. The molecule has 160 valence electrons. The summed E-state index contributed by atoms with van der Waals surface area (Å²) >= 11 is 0. The minimum atomic E-state index is -0.554. The summed E-state index contributed by atoms with van der Waals surface area (Å²) in [7, 11) is 0. The van der Waals surface area contributed by atoms with Gasteiger partial charge in [-0.2, -0.15) is 0 Å². The average Bonchev–Trinajstić information content (AvgIpc) is 2.83. The molecule has 0 bridgehead atoms. The summed E-state index contributed by atoms with van der Waals surface area (Å²) in [5, 5.41) is 21.0. The lowest BCUT2D eigenvalue weighted by molar-refractivity contribution is -0.181. The predicted octanol–water partition coefficient (Wildman–Crippen LogP) is 3.99. The van der Waals surface area contributed by atoms with Gasteiger partial charge in [0.05, 0.1) is 12.2 Å². The quantitative estimate of drug-likeness (QED) is 0.710. The number of aliphatic hydroxyl groups excluding tert-OH is 2. The Morgan fingerprint density at radius 3 is 2.39 bits per heavy atom. The van der Waals surface area contributed by atoms with E-state index in [0.717, 1.165) is 51.5 Å². The Labute approximate surface area is 171 Å². The zero-order chi connectivity index (χ0) is 20.3. The highest BCUT2D eigenvalue weighted by atomic mass is 16.3. The van der Waals surface area contributed by atoms with E-state index in [0.29, 0.717) is 23.7 Å². The van der Waals surface area contributed by atoms with Gasteiger partial charge in [0, 0.05) is 18.0 Å². The summed E-state index contributed by atoms with van der Waals surface area (Å²) in [6.07, 6.45) is 8.71. The van der Waals surface area contributed by atoms with Crippen LogP contribution in [0, 0.1) is 35.0 Å². The van der Waals surface area contributed by atoms with Crippen molar-refractivity contribution in [1.29, 1.82) is 0 Å². The third-order valence-corrected chi connectivity index (χ3v) is 9.61. The molecule has 4 aliphatic rings. The summed E-state index contributed by atoms with van der Waals surface area (Å²) < 4.78 is 0. The Hall–Kier alpha value is -0.610. The van der Waals surface area contributed by atoms with E-state index >= 15 is 0 Å².